The van der Waals surface area contributed by atoms with E-state index in [0.29, 0.717) is 0 Å². The van der Waals surface area contributed by atoms with E-state index in [4.69, 9.17) is 0 Å². The second-order valence-corrected chi connectivity index (χ2v) is 3.86. The van der Waals surface area contributed by atoms with E-state index in [2.05, 4.69) is 27.7 Å². The second kappa shape index (κ2) is 6.69. The van der Waals surface area contributed by atoms with Crippen LogP contribution in [-0.2, 0) is 0 Å². The molecule has 0 aliphatic rings. The molecule has 0 aliphatic carbocycles. The van der Waals surface area contributed by atoms with Gasteiger partial charge in [0, 0.05) is 0 Å². The van der Waals surface area contributed by atoms with Crippen LogP contribution in [0.4, 0.5) is 0 Å². The van der Waals surface area contributed by atoms with Crippen LogP contribution in [0.3, 0.4) is 0 Å². The lowest BCUT2D eigenvalue weighted by molar-refractivity contribution is 0.344. The molecule has 0 heteroatoms. The number of unbranched alkanes of at least 4 members (excludes halogenated alkanes) is 2. The molecule has 11 heavy (non-hydrogen) atoms. The quantitative estimate of drug-likeness (QED) is 0.504. The van der Waals surface area contributed by atoms with E-state index in [1.54, 1.807) is 0 Å². The normalized spacial score (nSPS) is 16.4. The fourth-order valence-electron chi connectivity index (χ4n) is 1.40. The zero-order chi connectivity index (χ0) is 8.69. The molecule has 2 unspecified atom stereocenters. The summed E-state index contributed by atoms with van der Waals surface area (Å²) in [5.74, 6) is 1.86. The molecule has 0 amide bonds. The minimum absolute atomic E-state index is 0.923. The van der Waals surface area contributed by atoms with Crippen LogP contribution >= 0.6 is 0 Å². The molecule has 68 valence electrons. The highest BCUT2D eigenvalue weighted by molar-refractivity contribution is 4.59. The van der Waals surface area contributed by atoms with Gasteiger partial charge in [0.25, 0.3) is 0 Å². The highest BCUT2D eigenvalue weighted by atomic mass is 14.1. The summed E-state index contributed by atoms with van der Waals surface area (Å²) in [6.45, 7) is 9.33. The van der Waals surface area contributed by atoms with Crippen molar-refractivity contribution in [3.8, 4) is 0 Å². The fraction of sp³-hybridized carbons (Fsp3) is 1.00. The molecular formula is C11H24. The first-order chi connectivity index (χ1) is 5.22. The van der Waals surface area contributed by atoms with Gasteiger partial charge < -0.3 is 0 Å². The Labute approximate surface area is 72.4 Å². The first kappa shape index (κ1) is 11.0. The number of hydrogen-bond donors (Lipinski definition) is 0. The van der Waals surface area contributed by atoms with Crippen LogP contribution in [0.15, 0.2) is 0 Å². The molecule has 2 atom stereocenters. The van der Waals surface area contributed by atoms with Crippen LogP contribution < -0.4 is 0 Å². The minimum atomic E-state index is 0.923. The largest absolute Gasteiger partial charge is 0.0654 e. The predicted octanol–water partition coefficient (Wildman–Crippen LogP) is 4.25. The van der Waals surface area contributed by atoms with Crippen LogP contribution in [-0.4, -0.2) is 0 Å². The van der Waals surface area contributed by atoms with Crippen molar-refractivity contribution in [1.29, 1.82) is 0 Å². The van der Waals surface area contributed by atoms with Crippen molar-refractivity contribution in [3.05, 3.63) is 0 Å². The van der Waals surface area contributed by atoms with Gasteiger partial charge in [0.15, 0.2) is 0 Å². The topological polar surface area (TPSA) is 0 Å². The van der Waals surface area contributed by atoms with Gasteiger partial charge in [-0.3, -0.25) is 0 Å². The van der Waals surface area contributed by atoms with E-state index in [1.807, 2.05) is 0 Å². The second-order valence-electron chi connectivity index (χ2n) is 3.86. The molecule has 0 aromatic heterocycles. The Morgan fingerprint density at radius 2 is 1.55 bits per heavy atom. The lowest BCUT2D eigenvalue weighted by Crippen LogP contribution is -2.06. The van der Waals surface area contributed by atoms with Gasteiger partial charge in [0.2, 0.25) is 0 Å². The van der Waals surface area contributed by atoms with Crippen molar-refractivity contribution in [2.75, 3.05) is 0 Å². The van der Waals surface area contributed by atoms with E-state index in [-0.39, 0.29) is 0 Å². The molecule has 0 heterocycles. The summed E-state index contributed by atoms with van der Waals surface area (Å²) >= 11 is 0. The molecule has 0 aromatic rings. The van der Waals surface area contributed by atoms with Crippen molar-refractivity contribution >= 4 is 0 Å². The van der Waals surface area contributed by atoms with Gasteiger partial charge in [-0.15, -0.1) is 0 Å². The van der Waals surface area contributed by atoms with Gasteiger partial charge in [0.1, 0.15) is 0 Å². The van der Waals surface area contributed by atoms with Gasteiger partial charge in [-0.05, 0) is 11.8 Å². The lowest BCUT2D eigenvalue weighted by Gasteiger charge is -2.17. The summed E-state index contributed by atoms with van der Waals surface area (Å²) in [6.07, 6.45) is 6.98. The molecule has 0 saturated carbocycles. The van der Waals surface area contributed by atoms with E-state index in [9.17, 15) is 0 Å². The highest BCUT2D eigenvalue weighted by Crippen LogP contribution is 2.20. The summed E-state index contributed by atoms with van der Waals surface area (Å²) in [5.41, 5.74) is 0. The SMILES string of the molecule is CCCCCC(C)C(C)CC. The molecule has 0 aliphatic heterocycles. The molecule has 0 radical (unpaired) electrons. The standard InChI is InChI=1S/C11H24/c1-5-7-8-9-11(4)10(3)6-2/h10-11H,5-9H2,1-4H3. The average molecular weight is 156 g/mol. The number of hydrogen-bond acceptors (Lipinski definition) is 0. The Bertz CT molecular complexity index is 76.1. The Morgan fingerprint density at radius 3 is 2.00 bits per heavy atom. The van der Waals surface area contributed by atoms with Crippen molar-refractivity contribution in [1.82, 2.24) is 0 Å². The molecule has 0 N–H and O–H groups in total. The van der Waals surface area contributed by atoms with Crippen molar-refractivity contribution < 1.29 is 0 Å². The molecule has 0 fully saturated rings. The van der Waals surface area contributed by atoms with Crippen molar-refractivity contribution in [3.63, 3.8) is 0 Å². The van der Waals surface area contributed by atoms with Crippen LogP contribution in [0.1, 0.15) is 59.8 Å². The zero-order valence-corrected chi connectivity index (χ0v) is 8.69. The average Bonchev–Trinajstić information content (AvgIpc) is 2.03. The van der Waals surface area contributed by atoms with Gasteiger partial charge in [0.05, 0.1) is 0 Å². The van der Waals surface area contributed by atoms with Gasteiger partial charge in [-0.25, -0.2) is 0 Å². The maximum atomic E-state index is 2.39. The third-order valence-corrected chi connectivity index (χ3v) is 2.88. The van der Waals surface area contributed by atoms with Crippen LogP contribution in [0.25, 0.3) is 0 Å². The molecule has 0 aromatic carbocycles. The zero-order valence-electron chi connectivity index (χ0n) is 8.69. The first-order valence-corrected chi connectivity index (χ1v) is 5.22. The van der Waals surface area contributed by atoms with Crippen molar-refractivity contribution in [2.45, 2.75) is 59.8 Å². The maximum absolute atomic E-state index is 2.39. The van der Waals surface area contributed by atoms with E-state index >= 15 is 0 Å². The third-order valence-electron chi connectivity index (χ3n) is 2.88. The lowest BCUT2D eigenvalue weighted by atomic mass is 9.89. The van der Waals surface area contributed by atoms with Gasteiger partial charge in [-0.1, -0.05) is 59.8 Å². The number of rotatable bonds is 6. The third kappa shape index (κ3) is 5.29. The Balaban J connectivity index is 3.28. The molecule has 0 bridgehead atoms. The van der Waals surface area contributed by atoms with Crippen LogP contribution in [0.2, 0.25) is 0 Å². The molecule has 0 rings (SSSR count). The van der Waals surface area contributed by atoms with E-state index in [0.717, 1.165) is 11.8 Å². The highest BCUT2D eigenvalue weighted by Gasteiger charge is 2.08. The van der Waals surface area contributed by atoms with E-state index in [1.165, 1.54) is 32.1 Å². The Hall–Kier alpha value is 0. The monoisotopic (exact) mass is 156 g/mol. The summed E-state index contributed by atoms with van der Waals surface area (Å²) < 4.78 is 0. The van der Waals surface area contributed by atoms with Crippen LogP contribution in [0, 0.1) is 11.8 Å². The fourth-order valence-corrected chi connectivity index (χ4v) is 1.40. The molecular weight excluding hydrogens is 132 g/mol. The summed E-state index contributed by atoms with van der Waals surface area (Å²) in [5, 5.41) is 0. The summed E-state index contributed by atoms with van der Waals surface area (Å²) in [7, 11) is 0. The summed E-state index contributed by atoms with van der Waals surface area (Å²) in [6, 6.07) is 0. The van der Waals surface area contributed by atoms with E-state index < -0.39 is 0 Å². The first-order valence-electron chi connectivity index (χ1n) is 5.22. The molecule has 0 spiro atoms. The van der Waals surface area contributed by atoms with Gasteiger partial charge in [-0.2, -0.15) is 0 Å². The molecule has 0 saturated heterocycles. The maximum Gasteiger partial charge on any atom is -0.0417 e. The predicted molar refractivity (Wildman–Crippen MR) is 52.8 cm³/mol. The smallest absolute Gasteiger partial charge is 0.0417 e. The summed E-state index contributed by atoms with van der Waals surface area (Å²) in [4.78, 5) is 0. The van der Waals surface area contributed by atoms with Crippen molar-refractivity contribution in [2.24, 2.45) is 11.8 Å². The minimum Gasteiger partial charge on any atom is -0.0654 e. The van der Waals surface area contributed by atoms with Crippen LogP contribution in [0.5, 0.6) is 0 Å². The Morgan fingerprint density at radius 1 is 0.909 bits per heavy atom. The Kier molecular flexibility index (Phi) is 6.69. The van der Waals surface area contributed by atoms with Gasteiger partial charge >= 0.3 is 0 Å². The molecule has 0 nitrogen and oxygen atoms in total.